The maximum absolute atomic E-state index is 13.2. The lowest BCUT2D eigenvalue weighted by Crippen LogP contribution is -2.12. The Balaban J connectivity index is 1.35. The molecule has 170 valence electrons. The topological polar surface area (TPSA) is 101 Å². The number of nitrogens with one attached hydrogen (secondary N) is 2. The first kappa shape index (κ1) is 22.2. The van der Waals surface area contributed by atoms with Crippen LogP contribution in [0.4, 0.5) is 5.69 Å². The molecule has 0 saturated heterocycles. The number of fused-ring (bicyclic) bond motifs is 1. The van der Waals surface area contributed by atoms with E-state index >= 15 is 0 Å². The Labute approximate surface area is 205 Å². The second-order valence-corrected chi connectivity index (χ2v) is 8.08. The van der Waals surface area contributed by atoms with Crippen LogP contribution in [0.15, 0.2) is 85.2 Å². The van der Waals surface area contributed by atoms with Gasteiger partial charge in [0, 0.05) is 40.2 Å². The van der Waals surface area contributed by atoms with Crippen molar-refractivity contribution in [1.29, 1.82) is 0 Å². The van der Waals surface area contributed by atoms with E-state index in [1.165, 1.54) is 12.3 Å². The molecular weight excluding hydrogens is 462 g/mol. The first-order chi connectivity index (χ1) is 17.1. The number of benzene rings is 2. The van der Waals surface area contributed by atoms with Crippen LogP contribution in [0.5, 0.6) is 0 Å². The third-order valence-corrected chi connectivity index (χ3v) is 5.53. The molecule has 2 aromatic carbocycles. The van der Waals surface area contributed by atoms with Crippen LogP contribution in [0.25, 0.3) is 23.1 Å². The molecule has 1 amide bonds. The molecule has 5 aromatic rings. The van der Waals surface area contributed by atoms with E-state index in [9.17, 15) is 9.59 Å². The van der Waals surface area contributed by atoms with Crippen LogP contribution in [-0.2, 0) is 0 Å². The smallest absolute Gasteiger partial charge is 0.255 e. The zero-order chi connectivity index (χ0) is 24.2. The number of aromatic amines is 1. The molecule has 7 nitrogen and oxygen atoms in total. The molecule has 8 heteroatoms. The number of carbonyl (C=O) groups excluding carboxylic acids is 2. The van der Waals surface area contributed by atoms with Gasteiger partial charge >= 0.3 is 0 Å². The molecule has 0 radical (unpaired) electrons. The lowest BCUT2D eigenvalue weighted by molar-refractivity contribution is 0.102. The normalized spacial score (nSPS) is 11.1. The standard InChI is InChI=1S/C27H18ClN5O2/c28-25-16-19(11-13-30-25)27(35)31-21-6-3-4-17(14-21)26(34)18-7-9-22-23(32-33-24(22)15-18)10-8-20-5-1-2-12-29-20/h1-16H,(H,31,35)(H,32,33). The summed E-state index contributed by atoms with van der Waals surface area (Å²) in [4.78, 5) is 33.8. The summed E-state index contributed by atoms with van der Waals surface area (Å²) in [5.74, 6) is -0.515. The average Bonchev–Trinajstić information content (AvgIpc) is 3.30. The molecule has 0 aliphatic carbocycles. The summed E-state index contributed by atoms with van der Waals surface area (Å²) in [6, 6.07) is 20.9. The van der Waals surface area contributed by atoms with E-state index in [0.717, 1.165) is 22.3 Å². The van der Waals surface area contributed by atoms with Crippen molar-refractivity contribution in [3.8, 4) is 0 Å². The number of ketones is 1. The fraction of sp³-hybridized carbons (Fsp3) is 0. The number of hydrogen-bond acceptors (Lipinski definition) is 5. The largest absolute Gasteiger partial charge is 0.322 e. The highest BCUT2D eigenvalue weighted by molar-refractivity contribution is 6.29. The molecule has 0 unspecified atom stereocenters. The Hall–Kier alpha value is -4.62. The van der Waals surface area contributed by atoms with Crippen molar-refractivity contribution in [3.05, 3.63) is 118 Å². The highest BCUT2D eigenvalue weighted by Gasteiger charge is 2.14. The van der Waals surface area contributed by atoms with Gasteiger partial charge in [-0.2, -0.15) is 5.10 Å². The highest BCUT2D eigenvalue weighted by Crippen LogP contribution is 2.22. The zero-order valence-corrected chi connectivity index (χ0v) is 19.0. The summed E-state index contributed by atoms with van der Waals surface area (Å²) >= 11 is 5.87. The van der Waals surface area contributed by atoms with Gasteiger partial charge in [0.15, 0.2) is 5.78 Å². The summed E-state index contributed by atoms with van der Waals surface area (Å²) in [5, 5.41) is 11.2. The van der Waals surface area contributed by atoms with E-state index in [1.54, 1.807) is 48.7 Å². The predicted octanol–water partition coefficient (Wildman–Crippen LogP) is 5.66. The van der Waals surface area contributed by atoms with Crippen LogP contribution in [0.2, 0.25) is 5.15 Å². The number of amides is 1. The lowest BCUT2D eigenvalue weighted by atomic mass is 10.0. The van der Waals surface area contributed by atoms with Crippen LogP contribution in [-0.4, -0.2) is 31.9 Å². The fourth-order valence-corrected chi connectivity index (χ4v) is 3.77. The molecule has 0 aliphatic rings. The summed E-state index contributed by atoms with van der Waals surface area (Å²) in [5.41, 5.74) is 4.16. The van der Waals surface area contributed by atoms with Crippen molar-refractivity contribution in [1.82, 2.24) is 20.2 Å². The van der Waals surface area contributed by atoms with Crippen molar-refractivity contribution in [2.75, 3.05) is 5.32 Å². The molecular formula is C27H18ClN5O2. The van der Waals surface area contributed by atoms with Crippen molar-refractivity contribution >= 4 is 52.0 Å². The van der Waals surface area contributed by atoms with E-state index < -0.39 is 0 Å². The second kappa shape index (κ2) is 9.70. The fourth-order valence-electron chi connectivity index (χ4n) is 3.60. The van der Waals surface area contributed by atoms with E-state index in [2.05, 4.69) is 25.5 Å². The molecule has 0 spiro atoms. The van der Waals surface area contributed by atoms with Crippen LogP contribution in [0, 0.1) is 0 Å². The van der Waals surface area contributed by atoms with Gasteiger partial charge in [-0.25, -0.2) is 4.98 Å². The molecule has 3 heterocycles. The van der Waals surface area contributed by atoms with Crippen LogP contribution in [0.1, 0.15) is 37.7 Å². The molecule has 0 fully saturated rings. The number of H-pyrrole nitrogens is 1. The number of rotatable bonds is 6. The Morgan fingerprint density at radius 3 is 2.54 bits per heavy atom. The van der Waals surface area contributed by atoms with Gasteiger partial charge in [0.2, 0.25) is 0 Å². The van der Waals surface area contributed by atoms with Crippen LogP contribution >= 0.6 is 11.6 Å². The zero-order valence-electron chi connectivity index (χ0n) is 18.3. The number of carbonyl (C=O) groups is 2. The van der Waals surface area contributed by atoms with E-state index in [4.69, 9.17) is 11.6 Å². The molecule has 35 heavy (non-hydrogen) atoms. The van der Waals surface area contributed by atoms with Crippen molar-refractivity contribution in [2.45, 2.75) is 0 Å². The first-order valence-electron chi connectivity index (χ1n) is 10.7. The van der Waals surface area contributed by atoms with E-state index in [0.29, 0.717) is 22.4 Å². The number of aromatic nitrogens is 4. The SMILES string of the molecule is O=C(Nc1cccc(C(=O)c2ccc3c(C=Cc4ccccn4)n[nH]c3c2)c1)c1ccnc(Cl)c1. The molecule has 0 aliphatic heterocycles. The van der Waals surface area contributed by atoms with Gasteiger partial charge in [0.25, 0.3) is 5.91 Å². The summed E-state index contributed by atoms with van der Waals surface area (Å²) in [7, 11) is 0. The summed E-state index contributed by atoms with van der Waals surface area (Å²) in [6.07, 6.45) is 6.96. The van der Waals surface area contributed by atoms with Crippen molar-refractivity contribution < 1.29 is 9.59 Å². The number of anilines is 1. The van der Waals surface area contributed by atoms with Gasteiger partial charge in [-0.15, -0.1) is 0 Å². The maximum Gasteiger partial charge on any atom is 0.255 e. The Kier molecular flexibility index (Phi) is 6.15. The maximum atomic E-state index is 13.2. The van der Waals surface area contributed by atoms with Crippen molar-refractivity contribution in [3.63, 3.8) is 0 Å². The minimum absolute atomic E-state index is 0.171. The molecule has 0 saturated carbocycles. The minimum atomic E-state index is -0.343. The Morgan fingerprint density at radius 2 is 1.71 bits per heavy atom. The van der Waals surface area contributed by atoms with Gasteiger partial charge in [0.05, 0.1) is 16.9 Å². The summed E-state index contributed by atoms with van der Waals surface area (Å²) in [6.45, 7) is 0. The van der Waals surface area contributed by atoms with Gasteiger partial charge < -0.3 is 5.32 Å². The lowest BCUT2D eigenvalue weighted by Gasteiger charge is -2.08. The van der Waals surface area contributed by atoms with E-state index in [-0.39, 0.29) is 16.8 Å². The van der Waals surface area contributed by atoms with Crippen LogP contribution in [0.3, 0.4) is 0 Å². The predicted molar refractivity (Wildman–Crippen MR) is 136 cm³/mol. The molecule has 0 atom stereocenters. The highest BCUT2D eigenvalue weighted by atomic mass is 35.5. The van der Waals surface area contributed by atoms with E-state index in [1.807, 2.05) is 36.4 Å². The number of nitrogens with zero attached hydrogens (tertiary/aromatic N) is 3. The third kappa shape index (κ3) is 5.00. The number of halogens is 1. The summed E-state index contributed by atoms with van der Waals surface area (Å²) < 4.78 is 0. The molecule has 5 rings (SSSR count). The third-order valence-electron chi connectivity index (χ3n) is 5.33. The second-order valence-electron chi connectivity index (χ2n) is 7.69. The van der Waals surface area contributed by atoms with Gasteiger partial charge in [-0.3, -0.25) is 19.7 Å². The van der Waals surface area contributed by atoms with Crippen LogP contribution < -0.4 is 5.32 Å². The van der Waals surface area contributed by atoms with Gasteiger partial charge in [-0.05, 0) is 60.7 Å². The van der Waals surface area contributed by atoms with Gasteiger partial charge in [0.1, 0.15) is 5.15 Å². The average molecular weight is 480 g/mol. The quantitative estimate of drug-likeness (QED) is 0.242. The molecule has 0 bridgehead atoms. The Morgan fingerprint density at radius 1 is 0.829 bits per heavy atom. The minimum Gasteiger partial charge on any atom is -0.322 e. The van der Waals surface area contributed by atoms with Crippen molar-refractivity contribution in [2.24, 2.45) is 0 Å². The molecule has 3 aromatic heterocycles. The molecule has 2 N–H and O–H groups in total. The number of pyridine rings is 2. The monoisotopic (exact) mass is 479 g/mol. The first-order valence-corrected chi connectivity index (χ1v) is 11.1. The van der Waals surface area contributed by atoms with Gasteiger partial charge in [-0.1, -0.05) is 35.9 Å². The number of hydrogen-bond donors (Lipinski definition) is 2. The Bertz CT molecular complexity index is 1580.